The first-order valence-corrected chi connectivity index (χ1v) is 36.5. The molecule has 10 fully saturated rings. The maximum atomic E-state index is 14.1. The van der Waals surface area contributed by atoms with Crippen LogP contribution in [0.25, 0.3) is 0 Å². The first-order chi connectivity index (χ1) is 49.2. The minimum absolute atomic E-state index is 0.0102. The molecule has 7 aliphatic heterocycles. The molecular formula is C70H112O34. The van der Waals surface area contributed by atoms with Crippen molar-refractivity contribution in [2.75, 3.05) is 40.6 Å². The number of fused-ring (bicyclic) bond motifs is 5. The van der Waals surface area contributed by atoms with Gasteiger partial charge in [-0.3, -0.25) is 4.79 Å². The van der Waals surface area contributed by atoms with Crippen LogP contribution in [0.3, 0.4) is 0 Å². The lowest BCUT2D eigenvalue weighted by molar-refractivity contribution is -0.378. The zero-order valence-electron chi connectivity index (χ0n) is 60.3. The lowest BCUT2D eigenvalue weighted by atomic mass is 9.47. The Bertz CT molecular complexity index is 2880. The van der Waals surface area contributed by atoms with Gasteiger partial charge in [0.2, 0.25) is 0 Å². The highest BCUT2D eigenvalue weighted by Gasteiger charge is 2.64. The van der Waals surface area contributed by atoms with Gasteiger partial charge in [0.1, 0.15) is 134 Å². The van der Waals surface area contributed by atoms with E-state index in [-0.39, 0.29) is 47.9 Å². The Morgan fingerprint density at radius 3 is 1.62 bits per heavy atom. The predicted molar refractivity (Wildman–Crippen MR) is 348 cm³/mol. The summed E-state index contributed by atoms with van der Waals surface area (Å²) in [7, 11) is 2.98. The molecule has 3 saturated carbocycles. The predicted octanol–water partition coefficient (Wildman–Crippen LogP) is -3.78. The van der Waals surface area contributed by atoms with Crippen LogP contribution in [0.2, 0.25) is 0 Å². The molecule has 15 N–H and O–H groups in total. The molecule has 34 nitrogen and oxygen atoms in total. The SMILES string of the molecule is CO[C@@H]1[C@@H](O)[C@H](O[C@H]2CC[C@@]3(C)C(=CC[C@H]4[C@@H]5C[C@@H](O[C@@H]6O[C@H](CO[C@@H]7O[C@H](CO[C@@H]8O[C@H](CO)[C@@H](O)[C@H](O)[C@H]8O)[C@@H](O)[C@H](O)[C@H]7O[C@@H]7O[C@H](CO)[C@@H](O)[C@H](O)[C@H]7O)[C@@H](O)[C@H](O)[C@H]6O)[C@H](C(C)=O)[C@@]5(C)CC[C@@H]43)C2)O[C@H](C)[C@H]1O[C@H]1C[C@H](O)[C@H](O[C@H]2C[C@H](OC)[C@H](OC(=O)C=C(C)C)[C@@H](C)O2)[C@@H](C)O1. The van der Waals surface area contributed by atoms with Crippen LogP contribution in [0.4, 0.5) is 0 Å². The summed E-state index contributed by atoms with van der Waals surface area (Å²) >= 11 is 0. The minimum Gasteiger partial charge on any atom is -0.454 e. The van der Waals surface area contributed by atoms with Gasteiger partial charge in [-0.25, -0.2) is 4.79 Å². The molecule has 0 aromatic heterocycles. The number of ketones is 1. The summed E-state index contributed by atoms with van der Waals surface area (Å²) < 4.78 is 103. The van der Waals surface area contributed by atoms with E-state index < -0.39 is 253 Å². The highest BCUT2D eigenvalue weighted by Crippen LogP contribution is 2.67. The molecule has 0 bridgehead atoms. The van der Waals surface area contributed by atoms with E-state index >= 15 is 0 Å². The van der Waals surface area contributed by atoms with Gasteiger partial charge in [0.25, 0.3) is 0 Å². The van der Waals surface area contributed by atoms with Crippen LogP contribution < -0.4 is 0 Å². The number of esters is 1. The second-order valence-electron chi connectivity index (χ2n) is 31.1. The maximum absolute atomic E-state index is 14.1. The van der Waals surface area contributed by atoms with Crippen molar-refractivity contribution in [2.45, 2.75) is 328 Å². The number of carbonyl (C=O) groups is 2. The lowest BCUT2D eigenvalue weighted by Gasteiger charge is -2.58. The van der Waals surface area contributed by atoms with Crippen molar-refractivity contribution in [3.63, 3.8) is 0 Å². The van der Waals surface area contributed by atoms with Crippen molar-refractivity contribution in [3.05, 3.63) is 23.3 Å². The lowest BCUT2D eigenvalue weighted by Crippen LogP contribution is -2.65. The quantitative estimate of drug-likeness (QED) is 0.0265. The number of hydrogen-bond acceptors (Lipinski definition) is 34. The summed E-state index contributed by atoms with van der Waals surface area (Å²) in [6, 6.07) is 0. The monoisotopic (exact) mass is 1500 g/mol. The van der Waals surface area contributed by atoms with Gasteiger partial charge in [-0.15, -0.1) is 0 Å². The van der Waals surface area contributed by atoms with Crippen LogP contribution in [0.5, 0.6) is 0 Å². The second kappa shape index (κ2) is 34.2. The molecule has 0 amide bonds. The fraction of sp³-hybridized carbons (Fsp3) is 0.914. The van der Waals surface area contributed by atoms with Gasteiger partial charge in [0.05, 0.1) is 63.1 Å². The Balaban J connectivity index is 0.707. The smallest absolute Gasteiger partial charge is 0.331 e. The number of aliphatic hydroxyl groups excluding tert-OH is 15. The molecule has 11 rings (SSSR count). The van der Waals surface area contributed by atoms with E-state index in [0.29, 0.717) is 32.1 Å². The summed E-state index contributed by atoms with van der Waals surface area (Å²) in [5, 5.41) is 164. The van der Waals surface area contributed by atoms with E-state index in [1.165, 1.54) is 32.8 Å². The van der Waals surface area contributed by atoms with Gasteiger partial charge >= 0.3 is 5.97 Å². The Morgan fingerprint density at radius 1 is 0.500 bits per heavy atom. The van der Waals surface area contributed by atoms with Crippen LogP contribution in [-0.2, 0) is 90.1 Å². The van der Waals surface area contributed by atoms with Crippen LogP contribution in [0.1, 0.15) is 113 Å². The van der Waals surface area contributed by atoms with Gasteiger partial charge in [0.15, 0.2) is 50.1 Å². The Labute approximate surface area is 603 Å². The highest BCUT2D eigenvalue weighted by atomic mass is 16.8. The van der Waals surface area contributed by atoms with Gasteiger partial charge in [-0.2, -0.15) is 0 Å². The maximum Gasteiger partial charge on any atom is 0.331 e. The number of Topliss-reactive ketones (excluding diaryl/α,β-unsaturated/α-hetero) is 1. The number of ether oxygens (including phenoxy) is 17. The Hall–Kier alpha value is -2.62. The van der Waals surface area contributed by atoms with E-state index in [1.54, 1.807) is 34.6 Å². The molecule has 0 spiro atoms. The fourth-order valence-corrected chi connectivity index (χ4v) is 18.5. The number of methoxy groups -OCH3 is 2. The van der Waals surface area contributed by atoms with Crippen molar-refractivity contribution < 1.29 is 167 Å². The zero-order valence-corrected chi connectivity index (χ0v) is 60.3. The topological polar surface area (TPSA) is 495 Å². The standard InChI is InChI=1S/C70H112O34/c1-26(2)17-43(75)101-60-29(5)93-45(21-38(60)88-9)102-59-28(4)92-44(20-36(59)74)103-61-30(6)94-67(58(87)62(61)89-10)95-32-13-15-69(7)31(18-32)11-12-33-34(69)14-16-70(8)35(33)19-37(46(70)27(3)73)96-65-56(85)53(82)49(78)41(99-65)25-91-68-63(104-66-57(86)52(81)48(77)40(23-72)98-66)54(83)50(79)42(100-68)24-90-64-55(84)51(80)47(76)39(22-71)97-64/h11,17,28-30,32-42,44-68,71-72,74,76-87H,12-16,18-25H2,1-10H3/t28-,29-,30-,32+,33-,34+,35+,36+,37-,38+,39-,40-,41-,42-,44+,45+,46+,47-,48-,49-,50-,51+,52+,53+,54+,55-,56-,57-,58-,59-,60-,61-,62-,63-,64-,65-,66+,67+,68-,69+,70+/m1/s1. The molecule has 0 radical (unpaired) electrons. The molecule has 7 heterocycles. The molecule has 0 unspecified atom stereocenters. The molecule has 0 aromatic carbocycles. The van der Waals surface area contributed by atoms with E-state index in [2.05, 4.69) is 19.9 Å². The zero-order chi connectivity index (χ0) is 75.5. The molecule has 11 aliphatic rings. The molecule has 104 heavy (non-hydrogen) atoms. The molecule has 0 aromatic rings. The van der Waals surface area contributed by atoms with E-state index in [9.17, 15) is 86.2 Å². The highest BCUT2D eigenvalue weighted by molar-refractivity contribution is 5.82. The van der Waals surface area contributed by atoms with Crippen LogP contribution in [-0.4, -0.2) is 344 Å². The van der Waals surface area contributed by atoms with Gasteiger partial charge in [0, 0.05) is 39.1 Å². The molecule has 34 heteroatoms. The first-order valence-electron chi connectivity index (χ1n) is 36.5. The van der Waals surface area contributed by atoms with Crippen molar-refractivity contribution in [3.8, 4) is 0 Å². The fourth-order valence-electron chi connectivity index (χ4n) is 18.5. The van der Waals surface area contributed by atoms with Crippen LogP contribution in [0.15, 0.2) is 23.3 Å². The van der Waals surface area contributed by atoms with Crippen LogP contribution in [0, 0.1) is 34.5 Å². The summed E-state index contributed by atoms with van der Waals surface area (Å²) in [5.41, 5.74) is 1.16. The largest absolute Gasteiger partial charge is 0.454 e. The summed E-state index contributed by atoms with van der Waals surface area (Å²) in [4.78, 5) is 26.6. The molecule has 596 valence electrons. The Kier molecular flexibility index (Phi) is 27.0. The Morgan fingerprint density at radius 2 is 1.03 bits per heavy atom. The number of rotatable bonds is 23. The number of hydrogen-bond donors (Lipinski definition) is 15. The number of carbonyl (C=O) groups excluding carboxylic acids is 2. The van der Waals surface area contributed by atoms with Gasteiger partial charge in [-0.1, -0.05) is 31.1 Å². The van der Waals surface area contributed by atoms with Crippen LogP contribution >= 0.6 is 0 Å². The van der Waals surface area contributed by atoms with Crippen molar-refractivity contribution in [2.24, 2.45) is 34.5 Å². The molecule has 41 atom stereocenters. The molecule has 7 saturated heterocycles. The van der Waals surface area contributed by atoms with Gasteiger partial charge in [-0.05, 0) is 115 Å². The normalized spacial score (nSPS) is 51.3. The van der Waals surface area contributed by atoms with Crippen molar-refractivity contribution in [1.82, 2.24) is 0 Å². The number of aliphatic hydroxyl groups is 15. The first kappa shape index (κ1) is 82.3. The summed E-state index contributed by atoms with van der Waals surface area (Å²) in [6.45, 7) is 11.6. The third-order valence-corrected chi connectivity index (χ3v) is 24.2. The van der Waals surface area contributed by atoms with E-state index in [4.69, 9.17) is 80.5 Å². The van der Waals surface area contributed by atoms with E-state index in [1.807, 2.05) is 0 Å². The minimum atomic E-state index is -2.06. The van der Waals surface area contributed by atoms with E-state index in [0.717, 1.165) is 18.4 Å². The molecular weight excluding hydrogens is 1380 g/mol. The second-order valence-corrected chi connectivity index (χ2v) is 31.1. The van der Waals surface area contributed by atoms with Crippen molar-refractivity contribution in [1.29, 1.82) is 0 Å². The van der Waals surface area contributed by atoms with Gasteiger partial charge < -0.3 is 157 Å². The average molecular weight is 1500 g/mol. The number of allylic oxidation sites excluding steroid dienone is 2. The van der Waals surface area contributed by atoms with Crippen molar-refractivity contribution >= 4 is 11.8 Å². The summed E-state index contributed by atoms with van der Waals surface area (Å²) in [6.07, 6.45) is -39.9. The average Bonchev–Trinajstić information content (AvgIpc) is 1.53. The third-order valence-electron chi connectivity index (χ3n) is 24.2. The molecule has 4 aliphatic carbocycles. The third kappa shape index (κ3) is 16.6. The summed E-state index contributed by atoms with van der Waals surface area (Å²) in [5.74, 6) is -1.15.